The zero-order valence-corrected chi connectivity index (χ0v) is 19.5. The minimum Gasteiger partial charge on any atom is -0.356 e. The number of alkyl halides is 6. The van der Waals surface area contributed by atoms with E-state index in [0.717, 1.165) is 10.9 Å². The summed E-state index contributed by atoms with van der Waals surface area (Å²) in [7, 11) is 1.65. The minimum absolute atomic E-state index is 0.0342. The van der Waals surface area contributed by atoms with Crippen molar-refractivity contribution in [3.8, 4) is 0 Å². The number of nitrogens with one attached hydrogen (secondary N) is 1. The number of nitrogens with zero attached hydrogens (tertiary/aromatic N) is 5. The Morgan fingerprint density at radius 3 is 2.31 bits per heavy atom. The van der Waals surface area contributed by atoms with Crippen LogP contribution in [0.1, 0.15) is 41.8 Å². The molecule has 7 nitrogen and oxygen atoms in total. The Morgan fingerprint density at radius 1 is 1.06 bits per heavy atom. The molecule has 5 rings (SSSR count). The molecule has 0 saturated carbocycles. The molecule has 14 heteroatoms. The summed E-state index contributed by atoms with van der Waals surface area (Å²) in [5.74, 6) is -5.19. The van der Waals surface area contributed by atoms with E-state index in [0.29, 0.717) is 35.6 Å². The number of carbonyl (C=O) groups is 1. The van der Waals surface area contributed by atoms with Crippen molar-refractivity contribution in [3.05, 3.63) is 46.1 Å². The lowest BCUT2D eigenvalue weighted by Crippen LogP contribution is -2.39. The maximum atomic E-state index is 13.4. The molecule has 1 fully saturated rings. The third kappa shape index (κ3) is 4.33. The Labute approximate surface area is 205 Å². The van der Waals surface area contributed by atoms with Crippen molar-refractivity contribution >= 4 is 34.4 Å². The highest BCUT2D eigenvalue weighted by Crippen LogP contribution is 2.42. The van der Waals surface area contributed by atoms with Crippen LogP contribution in [0.25, 0.3) is 10.9 Å². The summed E-state index contributed by atoms with van der Waals surface area (Å²) in [6.07, 6.45) is -9.46. The quantitative estimate of drug-likeness (QED) is 0.480. The van der Waals surface area contributed by atoms with Crippen LogP contribution in [-0.4, -0.2) is 50.9 Å². The fraction of sp³-hybridized carbons (Fsp3) is 0.455. The molecular formula is C22H19ClF6N6O. The molecule has 192 valence electrons. The van der Waals surface area contributed by atoms with Crippen LogP contribution in [0, 0.1) is 5.92 Å². The average molecular weight is 533 g/mol. The second kappa shape index (κ2) is 8.49. The predicted octanol–water partition coefficient (Wildman–Crippen LogP) is 5.02. The number of carbonyl (C=O) groups excluding carboxylic acids is 1. The molecule has 1 N–H and O–H groups in total. The Hall–Kier alpha value is -3.09. The molecule has 1 saturated heterocycles. The van der Waals surface area contributed by atoms with Crippen LogP contribution in [-0.2, 0) is 23.6 Å². The zero-order chi connectivity index (χ0) is 26.0. The van der Waals surface area contributed by atoms with Gasteiger partial charge in [-0.2, -0.15) is 36.3 Å². The molecule has 2 aromatic heterocycles. The van der Waals surface area contributed by atoms with Crippen molar-refractivity contribution in [1.29, 1.82) is 0 Å². The van der Waals surface area contributed by atoms with E-state index in [4.69, 9.17) is 11.6 Å². The van der Waals surface area contributed by atoms with Gasteiger partial charge in [-0.15, -0.1) is 0 Å². The van der Waals surface area contributed by atoms with Gasteiger partial charge in [0.25, 0.3) is 0 Å². The van der Waals surface area contributed by atoms with Gasteiger partial charge in [-0.3, -0.25) is 4.79 Å². The second-order valence-electron chi connectivity index (χ2n) is 8.93. The van der Waals surface area contributed by atoms with Crippen LogP contribution in [0.4, 0.5) is 32.3 Å². The number of hydrogen-bond donors (Lipinski definition) is 1. The molecule has 3 aromatic rings. The number of rotatable bonds is 3. The van der Waals surface area contributed by atoms with Crippen molar-refractivity contribution in [3.63, 3.8) is 0 Å². The summed E-state index contributed by atoms with van der Waals surface area (Å²) in [4.78, 5) is 28.2. The van der Waals surface area contributed by atoms with E-state index < -0.39 is 41.9 Å². The highest BCUT2D eigenvalue weighted by Gasteiger charge is 2.44. The van der Waals surface area contributed by atoms with Crippen molar-refractivity contribution < 1.29 is 31.1 Å². The first-order chi connectivity index (χ1) is 16.8. The van der Waals surface area contributed by atoms with E-state index >= 15 is 0 Å². The molecule has 0 spiro atoms. The Morgan fingerprint density at radius 2 is 1.72 bits per heavy atom. The standard InChI is InChI=1S/C22H19ClF6N6O/c1-34-6-4-10(17(34)36)8-15-16-12(13-9-11(23)2-3-14(13)30-16)5-7-35(15)20-32-18(21(24,25)26)31-19(33-20)22(27,28)29/h2-3,9-10,15,30H,4-8H2,1H3. The number of aromatic nitrogens is 4. The van der Waals surface area contributed by atoms with Gasteiger partial charge in [0.05, 0.1) is 6.04 Å². The molecule has 0 aliphatic carbocycles. The van der Waals surface area contributed by atoms with Gasteiger partial charge in [0, 0.05) is 47.7 Å². The smallest absolute Gasteiger partial charge is 0.356 e. The van der Waals surface area contributed by atoms with E-state index in [1.165, 1.54) is 4.90 Å². The highest BCUT2D eigenvalue weighted by molar-refractivity contribution is 6.31. The van der Waals surface area contributed by atoms with Crippen LogP contribution in [0.5, 0.6) is 0 Å². The first-order valence-electron chi connectivity index (χ1n) is 11.0. The van der Waals surface area contributed by atoms with Crippen LogP contribution in [0.15, 0.2) is 18.2 Å². The molecule has 2 unspecified atom stereocenters. The predicted molar refractivity (Wildman–Crippen MR) is 117 cm³/mol. The summed E-state index contributed by atoms with van der Waals surface area (Å²) in [5, 5.41) is 1.29. The van der Waals surface area contributed by atoms with Crippen LogP contribution >= 0.6 is 11.6 Å². The van der Waals surface area contributed by atoms with Gasteiger partial charge in [0.2, 0.25) is 23.5 Å². The van der Waals surface area contributed by atoms with E-state index in [-0.39, 0.29) is 18.9 Å². The fourth-order valence-corrected chi connectivity index (χ4v) is 5.12. The van der Waals surface area contributed by atoms with Crippen LogP contribution < -0.4 is 4.90 Å². The van der Waals surface area contributed by atoms with Gasteiger partial charge in [-0.1, -0.05) is 11.6 Å². The second-order valence-corrected chi connectivity index (χ2v) is 9.36. The van der Waals surface area contributed by atoms with E-state index in [9.17, 15) is 31.1 Å². The molecule has 1 amide bonds. The van der Waals surface area contributed by atoms with Gasteiger partial charge >= 0.3 is 12.4 Å². The minimum atomic E-state index is -5.21. The third-order valence-electron chi connectivity index (χ3n) is 6.65. The Balaban J connectivity index is 1.65. The first kappa shape index (κ1) is 24.6. The SMILES string of the molecule is CN1CCC(CC2c3[nH]c4ccc(Cl)cc4c3CCN2c2nc(C(F)(F)F)nc(C(F)(F)F)n2)C1=O. The van der Waals surface area contributed by atoms with Crippen LogP contribution in [0.3, 0.4) is 0 Å². The molecular weight excluding hydrogens is 514 g/mol. The third-order valence-corrected chi connectivity index (χ3v) is 6.88. The summed E-state index contributed by atoms with van der Waals surface area (Å²) in [6.45, 7) is 0.542. The maximum Gasteiger partial charge on any atom is 0.451 e. The van der Waals surface area contributed by atoms with Crippen molar-refractivity contribution in [2.24, 2.45) is 5.92 Å². The van der Waals surface area contributed by atoms with Gasteiger partial charge in [0.15, 0.2) is 0 Å². The number of amides is 1. The number of H-pyrrole nitrogens is 1. The molecule has 2 aliphatic heterocycles. The normalized spacial score (nSPS) is 20.9. The van der Waals surface area contributed by atoms with E-state index in [1.807, 2.05) is 0 Å². The lowest BCUT2D eigenvalue weighted by atomic mass is 9.89. The van der Waals surface area contributed by atoms with E-state index in [2.05, 4.69) is 19.9 Å². The lowest BCUT2D eigenvalue weighted by molar-refractivity contribution is -0.155. The number of halogens is 7. The first-order valence-corrected chi connectivity index (χ1v) is 11.4. The van der Waals surface area contributed by atoms with Gasteiger partial charge in [0.1, 0.15) is 0 Å². The topological polar surface area (TPSA) is 78.0 Å². The molecule has 1 aromatic carbocycles. The number of hydrogen-bond acceptors (Lipinski definition) is 5. The van der Waals surface area contributed by atoms with Crippen molar-refractivity contribution in [2.45, 2.75) is 37.7 Å². The molecule has 0 bridgehead atoms. The van der Waals surface area contributed by atoms with Crippen LogP contribution in [0.2, 0.25) is 5.02 Å². The largest absolute Gasteiger partial charge is 0.451 e. The van der Waals surface area contributed by atoms with E-state index in [1.54, 1.807) is 30.1 Å². The average Bonchev–Trinajstić information content (AvgIpc) is 3.32. The van der Waals surface area contributed by atoms with Gasteiger partial charge < -0.3 is 14.8 Å². The number of likely N-dealkylation sites (tertiary alicyclic amines) is 1. The maximum absolute atomic E-state index is 13.4. The Kier molecular flexibility index (Phi) is 5.80. The lowest BCUT2D eigenvalue weighted by Gasteiger charge is -2.37. The molecule has 4 heterocycles. The number of fused-ring (bicyclic) bond motifs is 3. The van der Waals surface area contributed by atoms with Gasteiger partial charge in [-0.25, -0.2) is 4.98 Å². The Bertz CT molecular complexity index is 1310. The number of anilines is 1. The molecule has 36 heavy (non-hydrogen) atoms. The number of benzene rings is 1. The summed E-state index contributed by atoms with van der Waals surface area (Å²) in [5.41, 5.74) is 2.14. The monoisotopic (exact) mass is 532 g/mol. The van der Waals surface area contributed by atoms with Crippen molar-refractivity contribution in [1.82, 2.24) is 24.8 Å². The molecule has 0 radical (unpaired) electrons. The zero-order valence-electron chi connectivity index (χ0n) is 18.7. The summed E-state index contributed by atoms with van der Waals surface area (Å²) >= 11 is 6.16. The highest BCUT2D eigenvalue weighted by atomic mass is 35.5. The fourth-order valence-electron chi connectivity index (χ4n) is 4.95. The van der Waals surface area contributed by atoms with Crippen molar-refractivity contribution in [2.75, 3.05) is 25.0 Å². The molecule has 2 aliphatic rings. The summed E-state index contributed by atoms with van der Waals surface area (Å²) < 4.78 is 80.6. The molecule has 2 atom stereocenters. The van der Waals surface area contributed by atoms with Gasteiger partial charge in [-0.05, 0) is 43.0 Å². The summed E-state index contributed by atoms with van der Waals surface area (Å²) in [6, 6.07) is 4.40. The number of aromatic amines is 1.